The molecule has 0 aromatic rings. The second kappa shape index (κ2) is 52.2. The van der Waals surface area contributed by atoms with E-state index in [2.05, 4.69) is 44.5 Å². The third kappa shape index (κ3) is 47.7. The van der Waals surface area contributed by atoms with E-state index >= 15 is 0 Å². The maximum absolute atomic E-state index is 12.9. The smallest absolute Gasteiger partial charge is 0.305 e. The predicted molar refractivity (Wildman–Crippen MR) is 282 cm³/mol. The van der Waals surface area contributed by atoms with Gasteiger partial charge in [0.15, 0.2) is 0 Å². The van der Waals surface area contributed by atoms with Gasteiger partial charge in [0.1, 0.15) is 0 Å². The van der Waals surface area contributed by atoms with Crippen LogP contribution in [-0.4, -0.2) is 86.4 Å². The van der Waals surface area contributed by atoms with Crippen LogP contribution in [0.15, 0.2) is 0 Å². The molecule has 388 valence electrons. The Morgan fingerprint density at radius 3 is 1.06 bits per heavy atom. The molecule has 0 rings (SSSR count). The summed E-state index contributed by atoms with van der Waals surface area (Å²) < 4.78 is 11.8. The number of aliphatic hydroxyl groups is 1. The number of hydrogen-bond acceptors (Lipinski definition) is 7. The largest absolute Gasteiger partial charge is 0.465 e. The Hall–Kier alpha value is -1.18. The molecule has 7 nitrogen and oxygen atoms in total. The van der Waals surface area contributed by atoms with E-state index in [0.29, 0.717) is 44.5 Å². The lowest BCUT2D eigenvalue weighted by molar-refractivity contribution is -0.146. The fraction of sp³-hybridized carbons (Fsp3) is 0.966. The summed E-state index contributed by atoms with van der Waals surface area (Å²) in [4.78, 5) is 30.9. The molecule has 0 radical (unpaired) electrons. The first kappa shape index (κ1) is 63.8. The number of esters is 2. The molecule has 65 heavy (non-hydrogen) atoms. The van der Waals surface area contributed by atoms with Crippen LogP contribution < -0.4 is 0 Å². The maximum atomic E-state index is 12.9. The van der Waals surface area contributed by atoms with Crippen molar-refractivity contribution in [1.29, 1.82) is 0 Å². The number of likely N-dealkylation sites (N-methyl/N-ethyl adjacent to an activating group) is 1. The maximum Gasteiger partial charge on any atom is 0.305 e. The second-order valence-corrected chi connectivity index (χ2v) is 20.6. The molecule has 0 aromatic heterocycles. The van der Waals surface area contributed by atoms with Crippen LogP contribution in [0.5, 0.6) is 0 Å². The zero-order chi connectivity index (χ0) is 47.5. The Balaban J connectivity index is 4.85. The molecule has 0 spiro atoms. The first-order valence-corrected chi connectivity index (χ1v) is 29.2. The molecule has 0 amide bonds. The highest BCUT2D eigenvalue weighted by molar-refractivity contribution is 5.69. The van der Waals surface area contributed by atoms with Crippen LogP contribution in [0.2, 0.25) is 0 Å². The highest BCUT2D eigenvalue weighted by atomic mass is 16.5. The molecule has 0 saturated heterocycles. The molecule has 1 N–H and O–H groups in total. The van der Waals surface area contributed by atoms with Crippen LogP contribution in [0.3, 0.4) is 0 Å². The number of carbonyl (C=O) groups excluding carboxylic acids is 2. The molecule has 0 bridgehead atoms. The van der Waals surface area contributed by atoms with Crippen LogP contribution in [-0.2, 0) is 19.1 Å². The van der Waals surface area contributed by atoms with Gasteiger partial charge in [0, 0.05) is 32.5 Å². The molecular formula is C58H116N2O5. The first-order chi connectivity index (χ1) is 31.9. The van der Waals surface area contributed by atoms with Crippen molar-refractivity contribution >= 4 is 11.9 Å². The van der Waals surface area contributed by atoms with E-state index in [9.17, 15) is 9.59 Å². The zero-order valence-corrected chi connectivity index (χ0v) is 44.8. The Labute approximate surface area is 406 Å². The van der Waals surface area contributed by atoms with Gasteiger partial charge in [-0.3, -0.25) is 9.59 Å². The Morgan fingerprint density at radius 1 is 0.369 bits per heavy atom. The van der Waals surface area contributed by atoms with Crippen LogP contribution in [0.1, 0.15) is 291 Å². The van der Waals surface area contributed by atoms with Gasteiger partial charge in [-0.05, 0) is 103 Å². The Kier molecular flexibility index (Phi) is 51.2. The van der Waals surface area contributed by atoms with Crippen LogP contribution in [0, 0.1) is 11.8 Å². The van der Waals surface area contributed by atoms with Gasteiger partial charge in [-0.1, -0.05) is 214 Å². The van der Waals surface area contributed by atoms with Gasteiger partial charge < -0.3 is 24.4 Å². The van der Waals surface area contributed by atoms with Crippen molar-refractivity contribution in [3.8, 4) is 0 Å². The lowest BCUT2D eigenvalue weighted by Crippen LogP contribution is -2.35. The summed E-state index contributed by atoms with van der Waals surface area (Å²) in [5.41, 5.74) is 0. The molecule has 0 aliphatic carbocycles. The van der Waals surface area contributed by atoms with E-state index in [1.54, 1.807) is 0 Å². The molecular weight excluding hydrogens is 805 g/mol. The fourth-order valence-corrected chi connectivity index (χ4v) is 9.39. The van der Waals surface area contributed by atoms with Crippen LogP contribution in [0.25, 0.3) is 0 Å². The van der Waals surface area contributed by atoms with Crippen molar-refractivity contribution in [2.24, 2.45) is 11.8 Å². The Bertz CT molecular complexity index is 948. The minimum absolute atomic E-state index is 0.000184. The normalized spacial score (nSPS) is 12.3. The van der Waals surface area contributed by atoms with Gasteiger partial charge in [-0.2, -0.15) is 0 Å². The molecule has 7 heteroatoms. The second-order valence-electron chi connectivity index (χ2n) is 20.6. The molecule has 1 unspecified atom stereocenters. The lowest BCUT2D eigenvalue weighted by atomic mass is 9.94. The third-order valence-electron chi connectivity index (χ3n) is 14.0. The monoisotopic (exact) mass is 921 g/mol. The summed E-state index contributed by atoms with van der Waals surface area (Å²) in [7, 11) is 2.27. The van der Waals surface area contributed by atoms with E-state index in [4.69, 9.17) is 14.6 Å². The van der Waals surface area contributed by atoms with Gasteiger partial charge in [0.05, 0.1) is 13.2 Å². The van der Waals surface area contributed by atoms with Gasteiger partial charge >= 0.3 is 11.9 Å². The number of rotatable bonds is 54. The quantitative estimate of drug-likeness (QED) is 0.0481. The van der Waals surface area contributed by atoms with Crippen molar-refractivity contribution in [2.75, 3.05) is 59.6 Å². The first-order valence-electron chi connectivity index (χ1n) is 29.2. The summed E-state index contributed by atoms with van der Waals surface area (Å²) in [6.07, 6.45) is 49.4. The van der Waals surface area contributed by atoms with Crippen molar-refractivity contribution in [2.45, 2.75) is 291 Å². The lowest BCUT2D eigenvalue weighted by Gasteiger charge is -2.25. The SMILES string of the molecule is CCCCCCCCC(CCCCCC)COC(=O)CCCCCN(CCCCCC(=O)OCC(CCCCCCCC)CCCCCCCC)CCN(C)CCCCCCCCCO. The average Bonchev–Trinajstić information content (AvgIpc) is 3.30. The van der Waals surface area contributed by atoms with E-state index in [1.807, 2.05) is 0 Å². The highest BCUT2D eigenvalue weighted by Crippen LogP contribution is 2.22. The molecule has 0 aliphatic heterocycles. The zero-order valence-electron chi connectivity index (χ0n) is 44.8. The summed E-state index contributed by atoms with van der Waals surface area (Å²) in [6.45, 7) is 16.1. The summed E-state index contributed by atoms with van der Waals surface area (Å²) in [5, 5.41) is 9.02. The molecule has 0 heterocycles. The molecule has 0 saturated carbocycles. The van der Waals surface area contributed by atoms with E-state index in [-0.39, 0.29) is 11.9 Å². The van der Waals surface area contributed by atoms with Gasteiger partial charge in [-0.25, -0.2) is 0 Å². The predicted octanol–water partition coefficient (Wildman–Crippen LogP) is 16.6. The molecule has 0 aromatic carbocycles. The van der Waals surface area contributed by atoms with E-state index < -0.39 is 0 Å². The molecule has 1 atom stereocenters. The number of aliphatic hydroxyl groups excluding tert-OH is 1. The van der Waals surface area contributed by atoms with Crippen LogP contribution in [0.4, 0.5) is 0 Å². The minimum Gasteiger partial charge on any atom is -0.465 e. The Morgan fingerprint density at radius 2 is 0.677 bits per heavy atom. The van der Waals surface area contributed by atoms with Crippen molar-refractivity contribution in [3.05, 3.63) is 0 Å². The summed E-state index contributed by atoms with van der Waals surface area (Å²) in [6, 6.07) is 0. The average molecular weight is 922 g/mol. The third-order valence-corrected chi connectivity index (χ3v) is 14.0. The topological polar surface area (TPSA) is 79.3 Å². The minimum atomic E-state index is -0.000184. The van der Waals surface area contributed by atoms with E-state index in [0.717, 1.165) is 84.1 Å². The van der Waals surface area contributed by atoms with Crippen molar-refractivity contribution in [1.82, 2.24) is 9.80 Å². The standard InChI is InChI=1S/C58H116N2O5/c1-6-10-14-18-24-32-42-55(41-31-17-13-9-4)53-64-57(62)45-35-29-38-48-60(51-50-59(5)47-37-27-22-21-23-28-40-52-61)49-39-30-36-46-58(63)65-54-56(43-33-25-19-15-11-7-2)44-34-26-20-16-12-8-3/h55-56,61H,6-54H2,1-5H3. The summed E-state index contributed by atoms with van der Waals surface area (Å²) in [5.74, 6) is 1.05. The number of ether oxygens (including phenoxy) is 2. The van der Waals surface area contributed by atoms with Crippen LogP contribution >= 0.6 is 0 Å². The van der Waals surface area contributed by atoms with Gasteiger partial charge in [-0.15, -0.1) is 0 Å². The fourth-order valence-electron chi connectivity index (χ4n) is 9.39. The van der Waals surface area contributed by atoms with E-state index in [1.165, 1.54) is 199 Å². The summed E-state index contributed by atoms with van der Waals surface area (Å²) >= 11 is 0. The van der Waals surface area contributed by atoms with Gasteiger partial charge in [0.25, 0.3) is 0 Å². The van der Waals surface area contributed by atoms with Gasteiger partial charge in [0.2, 0.25) is 0 Å². The highest BCUT2D eigenvalue weighted by Gasteiger charge is 2.15. The number of unbranched alkanes of at least 4 members (excludes halogenated alkanes) is 28. The number of hydrogen-bond donors (Lipinski definition) is 1. The molecule has 0 aliphatic rings. The number of nitrogens with zero attached hydrogens (tertiary/aromatic N) is 2. The van der Waals surface area contributed by atoms with Crippen molar-refractivity contribution < 1.29 is 24.2 Å². The number of carbonyl (C=O) groups is 2. The van der Waals surface area contributed by atoms with Crippen molar-refractivity contribution in [3.63, 3.8) is 0 Å². The molecule has 0 fully saturated rings.